The second kappa shape index (κ2) is 4.29. The van der Waals surface area contributed by atoms with Crippen molar-refractivity contribution in [2.45, 2.75) is 0 Å². The van der Waals surface area contributed by atoms with E-state index in [0.29, 0.717) is 0 Å². The molecule has 88 valence electrons. The lowest BCUT2D eigenvalue weighted by Gasteiger charge is -2.01. The van der Waals surface area contributed by atoms with Gasteiger partial charge in [0.05, 0.1) is 10.0 Å². The summed E-state index contributed by atoms with van der Waals surface area (Å²) in [6.07, 6.45) is 0. The molecule has 2 aromatic rings. The minimum Gasteiger partial charge on any atom is -0.475 e. The lowest BCUT2D eigenvalue weighted by molar-refractivity contribution is 0.0663. The highest BCUT2D eigenvalue weighted by Gasteiger charge is 2.15. The van der Waals surface area contributed by atoms with Crippen LogP contribution in [-0.2, 0) is 0 Å². The van der Waals surface area contributed by atoms with Gasteiger partial charge in [-0.05, 0) is 40.2 Å². The molecule has 17 heavy (non-hydrogen) atoms. The van der Waals surface area contributed by atoms with Gasteiger partial charge in [-0.3, -0.25) is 0 Å². The van der Waals surface area contributed by atoms with Crippen LogP contribution in [0.1, 0.15) is 10.6 Å². The molecule has 3 nitrogen and oxygen atoms in total. The van der Waals surface area contributed by atoms with Gasteiger partial charge >= 0.3 is 5.97 Å². The Bertz CT molecular complexity index is 592. The summed E-state index contributed by atoms with van der Waals surface area (Å²) < 4.78 is 31.6. The number of aromatic carboxylic acids is 1. The number of carboxylic acids is 1. The van der Waals surface area contributed by atoms with E-state index >= 15 is 0 Å². The maximum absolute atomic E-state index is 13.5. The first kappa shape index (κ1) is 11.8. The highest BCUT2D eigenvalue weighted by Crippen LogP contribution is 2.29. The van der Waals surface area contributed by atoms with Gasteiger partial charge in [0.1, 0.15) is 17.4 Å². The fourth-order valence-corrected chi connectivity index (χ4v) is 1.62. The average molecular weight is 303 g/mol. The van der Waals surface area contributed by atoms with Gasteiger partial charge in [-0.15, -0.1) is 0 Å². The molecule has 0 unspecified atom stereocenters. The Kier molecular flexibility index (Phi) is 2.97. The summed E-state index contributed by atoms with van der Waals surface area (Å²) >= 11 is 2.84. The molecule has 1 N–H and O–H groups in total. The van der Waals surface area contributed by atoms with Gasteiger partial charge in [0, 0.05) is 0 Å². The van der Waals surface area contributed by atoms with Crippen LogP contribution in [0.25, 0.3) is 11.3 Å². The van der Waals surface area contributed by atoms with Gasteiger partial charge in [0.15, 0.2) is 0 Å². The molecule has 0 atom stereocenters. The van der Waals surface area contributed by atoms with Crippen molar-refractivity contribution in [1.29, 1.82) is 0 Å². The van der Waals surface area contributed by atoms with E-state index in [2.05, 4.69) is 15.9 Å². The standard InChI is InChI=1S/C11H5BrF2O3/c12-6-4-7(13)5(3-8(6)14)9-1-2-10(17-9)11(15)16/h1-4H,(H,15,16). The number of carbonyl (C=O) groups is 1. The highest BCUT2D eigenvalue weighted by molar-refractivity contribution is 9.10. The minimum atomic E-state index is -1.27. The predicted molar refractivity (Wildman–Crippen MR) is 58.7 cm³/mol. The van der Waals surface area contributed by atoms with Gasteiger partial charge in [-0.1, -0.05) is 0 Å². The quantitative estimate of drug-likeness (QED) is 0.861. The molecule has 0 radical (unpaired) electrons. The van der Waals surface area contributed by atoms with Gasteiger partial charge in [0.2, 0.25) is 5.76 Å². The molecule has 0 amide bonds. The van der Waals surface area contributed by atoms with Crippen LogP contribution in [0.3, 0.4) is 0 Å². The van der Waals surface area contributed by atoms with Crippen molar-refractivity contribution in [2.24, 2.45) is 0 Å². The molecule has 0 aliphatic rings. The van der Waals surface area contributed by atoms with Crippen LogP contribution in [0.4, 0.5) is 8.78 Å². The number of carboxylic acid groups (broad SMARTS) is 1. The van der Waals surface area contributed by atoms with Gasteiger partial charge in [0.25, 0.3) is 0 Å². The summed E-state index contributed by atoms with van der Waals surface area (Å²) in [6, 6.07) is 4.34. The lowest BCUT2D eigenvalue weighted by Crippen LogP contribution is -1.92. The zero-order valence-corrected chi connectivity index (χ0v) is 9.79. The maximum Gasteiger partial charge on any atom is 0.371 e. The molecule has 0 spiro atoms. The molecule has 2 rings (SSSR count). The van der Waals surface area contributed by atoms with Crippen molar-refractivity contribution in [1.82, 2.24) is 0 Å². The van der Waals surface area contributed by atoms with E-state index < -0.39 is 17.6 Å². The largest absolute Gasteiger partial charge is 0.475 e. The number of halogens is 3. The molecule has 0 bridgehead atoms. The van der Waals surface area contributed by atoms with Crippen molar-refractivity contribution in [3.8, 4) is 11.3 Å². The SMILES string of the molecule is O=C(O)c1ccc(-c2cc(F)c(Br)cc2F)o1. The smallest absolute Gasteiger partial charge is 0.371 e. The molecule has 0 aliphatic carbocycles. The topological polar surface area (TPSA) is 50.4 Å². The summed E-state index contributed by atoms with van der Waals surface area (Å²) in [7, 11) is 0. The summed E-state index contributed by atoms with van der Waals surface area (Å²) in [6.45, 7) is 0. The lowest BCUT2D eigenvalue weighted by atomic mass is 10.1. The average Bonchev–Trinajstić information content (AvgIpc) is 2.72. The third kappa shape index (κ3) is 2.21. The third-order valence-electron chi connectivity index (χ3n) is 2.09. The van der Waals surface area contributed by atoms with E-state index in [1.165, 1.54) is 12.1 Å². The van der Waals surface area contributed by atoms with Crippen molar-refractivity contribution >= 4 is 21.9 Å². The van der Waals surface area contributed by atoms with Gasteiger partial charge < -0.3 is 9.52 Å². The molecule has 0 saturated carbocycles. The zero-order chi connectivity index (χ0) is 12.6. The summed E-state index contributed by atoms with van der Waals surface area (Å²) in [4.78, 5) is 10.6. The molecule has 0 fully saturated rings. The first-order valence-electron chi connectivity index (χ1n) is 4.47. The summed E-state index contributed by atoms with van der Waals surface area (Å²) in [5.41, 5.74) is -0.127. The van der Waals surface area contributed by atoms with Crippen molar-refractivity contribution in [3.63, 3.8) is 0 Å². The van der Waals surface area contributed by atoms with Crippen LogP contribution in [0, 0.1) is 11.6 Å². The Hall–Kier alpha value is -1.69. The van der Waals surface area contributed by atoms with E-state index in [-0.39, 0.29) is 21.6 Å². The fourth-order valence-electron chi connectivity index (χ4n) is 1.31. The van der Waals surface area contributed by atoms with Crippen LogP contribution in [0.15, 0.2) is 33.2 Å². The molecular weight excluding hydrogens is 298 g/mol. The van der Waals surface area contributed by atoms with Crippen LogP contribution < -0.4 is 0 Å². The zero-order valence-electron chi connectivity index (χ0n) is 8.21. The number of hydrogen-bond donors (Lipinski definition) is 1. The molecule has 0 aliphatic heterocycles. The van der Waals surface area contributed by atoms with E-state index in [1.807, 2.05) is 0 Å². The minimum absolute atomic E-state index is 0.0104. The van der Waals surface area contributed by atoms with E-state index in [1.54, 1.807) is 0 Å². The Labute approximate surface area is 103 Å². The normalized spacial score (nSPS) is 10.5. The molecule has 1 aromatic carbocycles. The first-order chi connectivity index (χ1) is 7.99. The Morgan fingerprint density at radius 1 is 1.24 bits per heavy atom. The van der Waals surface area contributed by atoms with E-state index in [0.717, 1.165) is 12.1 Å². The third-order valence-corrected chi connectivity index (χ3v) is 2.70. The monoisotopic (exact) mass is 302 g/mol. The second-order valence-corrected chi connectivity index (χ2v) is 4.07. The Morgan fingerprint density at radius 2 is 1.94 bits per heavy atom. The van der Waals surface area contributed by atoms with Crippen LogP contribution in [0.2, 0.25) is 0 Å². The van der Waals surface area contributed by atoms with Crippen LogP contribution >= 0.6 is 15.9 Å². The summed E-state index contributed by atoms with van der Waals surface area (Å²) in [5.74, 6) is -3.00. The van der Waals surface area contributed by atoms with E-state index in [4.69, 9.17) is 9.52 Å². The fraction of sp³-hybridized carbons (Fsp3) is 0. The molecule has 0 saturated heterocycles. The predicted octanol–water partition coefficient (Wildman–Crippen LogP) is 3.69. The van der Waals surface area contributed by atoms with Crippen LogP contribution in [0.5, 0.6) is 0 Å². The maximum atomic E-state index is 13.5. The first-order valence-corrected chi connectivity index (χ1v) is 5.26. The van der Waals surface area contributed by atoms with Crippen LogP contribution in [-0.4, -0.2) is 11.1 Å². The molecular formula is C11H5BrF2O3. The number of benzene rings is 1. The number of furan rings is 1. The molecule has 6 heteroatoms. The van der Waals surface area contributed by atoms with Gasteiger partial charge in [-0.25, -0.2) is 13.6 Å². The van der Waals surface area contributed by atoms with Crippen molar-refractivity contribution in [2.75, 3.05) is 0 Å². The van der Waals surface area contributed by atoms with Gasteiger partial charge in [-0.2, -0.15) is 0 Å². The van der Waals surface area contributed by atoms with Crippen molar-refractivity contribution in [3.05, 3.63) is 46.1 Å². The second-order valence-electron chi connectivity index (χ2n) is 3.22. The summed E-state index contributed by atoms with van der Waals surface area (Å²) in [5, 5.41) is 8.64. The highest BCUT2D eigenvalue weighted by atomic mass is 79.9. The Morgan fingerprint density at radius 3 is 2.53 bits per heavy atom. The number of hydrogen-bond acceptors (Lipinski definition) is 2. The van der Waals surface area contributed by atoms with Crippen molar-refractivity contribution < 1.29 is 23.1 Å². The number of rotatable bonds is 2. The van der Waals surface area contributed by atoms with E-state index in [9.17, 15) is 13.6 Å². The molecule has 1 aromatic heterocycles. The Balaban J connectivity index is 2.52. The molecule has 1 heterocycles.